The van der Waals surface area contributed by atoms with Crippen molar-refractivity contribution in [2.24, 2.45) is 0 Å². The van der Waals surface area contributed by atoms with Crippen molar-refractivity contribution in [2.75, 3.05) is 31.1 Å². The van der Waals surface area contributed by atoms with Gasteiger partial charge in [0.15, 0.2) is 0 Å². The van der Waals surface area contributed by atoms with Crippen LogP contribution in [0.1, 0.15) is 0 Å². The number of aromatic amines is 1. The number of anilines is 1. The lowest BCUT2D eigenvalue weighted by molar-refractivity contribution is 0.384. The van der Waals surface area contributed by atoms with E-state index in [4.69, 9.17) is 0 Å². The van der Waals surface area contributed by atoms with E-state index in [1.165, 1.54) is 10.5 Å². The van der Waals surface area contributed by atoms with Gasteiger partial charge >= 0.3 is 0 Å². The lowest BCUT2D eigenvalue weighted by atomic mass is 10.3. The van der Waals surface area contributed by atoms with Crippen LogP contribution in [0.5, 0.6) is 0 Å². The van der Waals surface area contributed by atoms with Gasteiger partial charge in [-0.15, -0.1) is 0 Å². The minimum Gasteiger partial charge on any atom is -0.353 e. The van der Waals surface area contributed by atoms with E-state index >= 15 is 0 Å². The Balaban J connectivity index is 1.56. The number of nitrogens with one attached hydrogen (secondary N) is 1. The average molecular weight is 344 g/mol. The first-order chi connectivity index (χ1) is 11.7. The minimum absolute atomic E-state index is 0.276. The van der Waals surface area contributed by atoms with Crippen LogP contribution in [0.2, 0.25) is 0 Å². The summed E-state index contributed by atoms with van der Waals surface area (Å²) in [6, 6.07) is 3.50. The number of nitrogens with zero attached hydrogens (tertiary/aromatic N) is 5. The molecular weight excluding hydrogens is 328 g/mol. The monoisotopic (exact) mass is 344 g/mol. The topological polar surface area (TPSA) is 95.1 Å². The molecule has 4 heterocycles. The maximum atomic E-state index is 12.9. The Morgan fingerprint density at radius 2 is 1.88 bits per heavy atom. The molecule has 0 amide bonds. The summed E-state index contributed by atoms with van der Waals surface area (Å²) >= 11 is 0. The van der Waals surface area contributed by atoms with Gasteiger partial charge in [-0.05, 0) is 12.1 Å². The highest BCUT2D eigenvalue weighted by Gasteiger charge is 2.30. The third kappa shape index (κ3) is 2.51. The first-order valence-corrected chi connectivity index (χ1v) is 9.03. The maximum absolute atomic E-state index is 12.9. The summed E-state index contributed by atoms with van der Waals surface area (Å²) in [6.07, 6.45) is 8.10. The van der Waals surface area contributed by atoms with Crippen LogP contribution in [0.25, 0.3) is 11.0 Å². The third-order valence-electron chi connectivity index (χ3n) is 4.14. The molecule has 9 heteroatoms. The van der Waals surface area contributed by atoms with Gasteiger partial charge in [-0.1, -0.05) is 0 Å². The van der Waals surface area contributed by atoms with E-state index in [1.807, 2.05) is 4.90 Å². The Morgan fingerprint density at radius 1 is 1.04 bits per heavy atom. The molecular formula is C15H16N6O2S. The number of piperazine rings is 1. The van der Waals surface area contributed by atoms with E-state index in [1.54, 1.807) is 36.9 Å². The molecule has 0 saturated carbocycles. The van der Waals surface area contributed by atoms with Crippen molar-refractivity contribution >= 4 is 26.9 Å². The first-order valence-electron chi connectivity index (χ1n) is 7.59. The highest BCUT2D eigenvalue weighted by Crippen LogP contribution is 2.25. The Bertz CT molecular complexity index is 948. The standard InChI is InChI=1S/C15H16N6O2S/c22-24(23,13-10-19-15-12(13)2-1-3-18-15)21-8-6-20(7-9-21)14-11-16-4-5-17-14/h1-5,10-11H,6-9H2,(H,18,19). The molecule has 8 nitrogen and oxygen atoms in total. The van der Waals surface area contributed by atoms with Crippen molar-refractivity contribution in [2.45, 2.75) is 4.90 Å². The molecule has 0 bridgehead atoms. The van der Waals surface area contributed by atoms with E-state index in [0.717, 1.165) is 5.82 Å². The fraction of sp³-hybridized carbons (Fsp3) is 0.267. The van der Waals surface area contributed by atoms with Crippen LogP contribution in [0.3, 0.4) is 0 Å². The van der Waals surface area contributed by atoms with Gasteiger partial charge in [0, 0.05) is 56.4 Å². The lowest BCUT2D eigenvalue weighted by Gasteiger charge is -2.34. The van der Waals surface area contributed by atoms with Crippen molar-refractivity contribution in [3.63, 3.8) is 0 Å². The lowest BCUT2D eigenvalue weighted by Crippen LogP contribution is -2.48. The quantitative estimate of drug-likeness (QED) is 0.757. The number of H-pyrrole nitrogens is 1. The molecule has 0 aliphatic carbocycles. The van der Waals surface area contributed by atoms with Crippen LogP contribution in [-0.2, 0) is 10.0 Å². The molecule has 24 heavy (non-hydrogen) atoms. The number of rotatable bonds is 3. The van der Waals surface area contributed by atoms with Gasteiger partial charge in [-0.25, -0.2) is 18.4 Å². The second-order valence-corrected chi connectivity index (χ2v) is 7.41. The van der Waals surface area contributed by atoms with Gasteiger partial charge in [0.2, 0.25) is 10.0 Å². The molecule has 0 aromatic carbocycles. The zero-order valence-corrected chi connectivity index (χ0v) is 13.6. The SMILES string of the molecule is O=S(=O)(c1c[nH]c2ncccc12)N1CCN(c2cnccn2)CC1. The van der Waals surface area contributed by atoms with Gasteiger partial charge in [0.05, 0.1) is 6.20 Å². The van der Waals surface area contributed by atoms with Crippen LogP contribution in [0, 0.1) is 0 Å². The summed E-state index contributed by atoms with van der Waals surface area (Å²) in [4.78, 5) is 17.7. The number of aromatic nitrogens is 4. The fourth-order valence-electron chi connectivity index (χ4n) is 2.90. The molecule has 3 aromatic heterocycles. The summed E-state index contributed by atoms with van der Waals surface area (Å²) in [6.45, 7) is 1.98. The van der Waals surface area contributed by atoms with E-state index in [-0.39, 0.29) is 4.90 Å². The van der Waals surface area contributed by atoms with Gasteiger partial charge in [-0.3, -0.25) is 4.98 Å². The number of pyridine rings is 1. The Hall–Kier alpha value is -2.52. The number of hydrogen-bond acceptors (Lipinski definition) is 6. The van der Waals surface area contributed by atoms with Crippen molar-refractivity contribution in [1.29, 1.82) is 0 Å². The molecule has 3 aromatic rings. The Labute approximate surface area is 139 Å². The van der Waals surface area contributed by atoms with Crippen LogP contribution in [-0.4, -0.2) is 58.8 Å². The molecule has 124 valence electrons. The Morgan fingerprint density at radius 3 is 2.62 bits per heavy atom. The normalized spacial score (nSPS) is 16.6. The Kier molecular flexibility index (Phi) is 3.66. The largest absolute Gasteiger partial charge is 0.353 e. The zero-order valence-electron chi connectivity index (χ0n) is 12.8. The van der Waals surface area contributed by atoms with Gasteiger partial charge in [0.1, 0.15) is 16.4 Å². The van der Waals surface area contributed by atoms with Gasteiger partial charge in [0.25, 0.3) is 0 Å². The predicted octanol–water partition coefficient (Wildman–Crippen LogP) is 0.864. The first kappa shape index (κ1) is 15.0. The van der Waals surface area contributed by atoms with Gasteiger partial charge in [-0.2, -0.15) is 4.31 Å². The predicted molar refractivity (Wildman–Crippen MR) is 89.1 cm³/mol. The molecule has 0 spiro atoms. The van der Waals surface area contributed by atoms with E-state index in [2.05, 4.69) is 19.9 Å². The second kappa shape index (κ2) is 5.84. The molecule has 0 atom stereocenters. The zero-order chi connectivity index (χ0) is 16.6. The molecule has 1 aliphatic heterocycles. The highest BCUT2D eigenvalue weighted by atomic mass is 32.2. The number of sulfonamides is 1. The summed E-state index contributed by atoms with van der Waals surface area (Å²) in [5.74, 6) is 0.769. The van der Waals surface area contributed by atoms with E-state index < -0.39 is 10.0 Å². The molecule has 0 radical (unpaired) electrons. The summed E-state index contributed by atoms with van der Waals surface area (Å²) < 4.78 is 27.4. The molecule has 1 saturated heterocycles. The minimum atomic E-state index is -3.55. The third-order valence-corrected chi connectivity index (χ3v) is 6.08. The average Bonchev–Trinajstić information content (AvgIpc) is 3.07. The van der Waals surface area contributed by atoms with Gasteiger partial charge < -0.3 is 9.88 Å². The molecule has 1 aliphatic rings. The van der Waals surface area contributed by atoms with Crippen molar-refractivity contribution in [1.82, 2.24) is 24.2 Å². The number of fused-ring (bicyclic) bond motifs is 1. The van der Waals surface area contributed by atoms with Crippen LogP contribution >= 0.6 is 0 Å². The summed E-state index contributed by atoms with van der Waals surface area (Å²) in [7, 11) is -3.55. The van der Waals surface area contributed by atoms with Crippen molar-refractivity contribution in [3.05, 3.63) is 43.1 Å². The molecule has 0 unspecified atom stereocenters. The highest BCUT2D eigenvalue weighted by molar-refractivity contribution is 7.89. The molecule has 1 N–H and O–H groups in total. The summed E-state index contributed by atoms with van der Waals surface area (Å²) in [5.41, 5.74) is 0.578. The molecule has 4 rings (SSSR count). The number of hydrogen-bond donors (Lipinski definition) is 1. The van der Waals surface area contributed by atoms with Crippen molar-refractivity contribution in [3.8, 4) is 0 Å². The van der Waals surface area contributed by atoms with Crippen LogP contribution < -0.4 is 4.90 Å². The van der Waals surface area contributed by atoms with Crippen LogP contribution in [0.15, 0.2) is 48.0 Å². The fourth-order valence-corrected chi connectivity index (χ4v) is 4.47. The maximum Gasteiger partial charge on any atom is 0.245 e. The van der Waals surface area contributed by atoms with Crippen LogP contribution in [0.4, 0.5) is 5.82 Å². The summed E-state index contributed by atoms with van der Waals surface area (Å²) in [5, 5.41) is 0.619. The second-order valence-electron chi connectivity index (χ2n) is 5.51. The van der Waals surface area contributed by atoms with E-state index in [9.17, 15) is 8.42 Å². The smallest absolute Gasteiger partial charge is 0.245 e. The van der Waals surface area contributed by atoms with E-state index in [0.29, 0.717) is 37.2 Å². The molecule has 1 fully saturated rings. The van der Waals surface area contributed by atoms with Crippen molar-refractivity contribution < 1.29 is 8.42 Å².